The fraction of sp³-hybridized carbons (Fsp3) is 0.217. The van der Waals surface area contributed by atoms with Crippen LogP contribution in [0.4, 0.5) is 10.5 Å². The van der Waals surface area contributed by atoms with Gasteiger partial charge in [0.15, 0.2) is 0 Å². The van der Waals surface area contributed by atoms with Crippen molar-refractivity contribution >= 4 is 22.7 Å². The average molecular weight is 415 g/mol. The number of pyridine rings is 2. The first kappa shape index (κ1) is 19.2. The number of anilines is 1. The lowest BCUT2D eigenvalue weighted by Crippen LogP contribution is -2.15. The van der Waals surface area contributed by atoms with Crippen molar-refractivity contribution in [2.75, 3.05) is 18.5 Å². The van der Waals surface area contributed by atoms with E-state index in [2.05, 4.69) is 20.0 Å². The summed E-state index contributed by atoms with van der Waals surface area (Å²) in [6.07, 6.45) is 4.98. The number of aliphatic hydroxyl groups is 1. The van der Waals surface area contributed by atoms with Gasteiger partial charge in [-0.05, 0) is 48.7 Å². The molecule has 4 aromatic rings. The first-order chi connectivity index (χ1) is 15.2. The molecule has 3 aromatic heterocycles. The number of hydrogen-bond acceptors (Lipinski definition) is 6. The van der Waals surface area contributed by atoms with E-state index >= 15 is 0 Å². The Balaban J connectivity index is 1.59. The largest absolute Gasteiger partial charge is 0.447 e. The van der Waals surface area contributed by atoms with Gasteiger partial charge in [0, 0.05) is 41.3 Å². The summed E-state index contributed by atoms with van der Waals surface area (Å²) in [5.41, 5.74) is 6.39. The van der Waals surface area contributed by atoms with Gasteiger partial charge in [0.05, 0.1) is 17.8 Å². The lowest BCUT2D eigenvalue weighted by atomic mass is 9.96. The van der Waals surface area contributed by atoms with Gasteiger partial charge in [0.1, 0.15) is 12.3 Å². The van der Waals surface area contributed by atoms with Gasteiger partial charge in [-0.25, -0.2) is 4.79 Å². The highest BCUT2D eigenvalue weighted by Gasteiger charge is 2.25. The number of nitrogens with zero attached hydrogens (tertiary/aromatic N) is 4. The summed E-state index contributed by atoms with van der Waals surface area (Å²) < 4.78 is 6.95. The molecule has 8 heteroatoms. The molecular weight excluding hydrogens is 394 g/mol. The number of rotatable bonds is 5. The van der Waals surface area contributed by atoms with Crippen molar-refractivity contribution in [2.24, 2.45) is 0 Å². The smallest absolute Gasteiger partial charge is 0.411 e. The summed E-state index contributed by atoms with van der Waals surface area (Å²) in [4.78, 5) is 20.8. The number of benzene rings is 1. The summed E-state index contributed by atoms with van der Waals surface area (Å²) in [7, 11) is 0. The van der Waals surface area contributed by atoms with Crippen molar-refractivity contribution in [3.63, 3.8) is 0 Å². The molecule has 1 aromatic carbocycles. The van der Waals surface area contributed by atoms with Crippen LogP contribution in [0.25, 0.3) is 33.4 Å². The normalized spacial score (nSPS) is 12.7. The highest BCUT2D eigenvalue weighted by molar-refractivity contribution is 6.00. The second kappa shape index (κ2) is 8.16. The molecular formula is C23H21N5O3. The van der Waals surface area contributed by atoms with Crippen LogP contribution in [0.1, 0.15) is 12.1 Å². The van der Waals surface area contributed by atoms with Crippen molar-refractivity contribution < 1.29 is 14.6 Å². The molecule has 0 radical (unpaired) electrons. The fourth-order valence-electron chi connectivity index (χ4n) is 4.03. The number of hydrogen-bond donors (Lipinski definition) is 2. The Labute approximate surface area is 178 Å². The Morgan fingerprint density at radius 3 is 2.94 bits per heavy atom. The van der Waals surface area contributed by atoms with E-state index in [0.29, 0.717) is 5.69 Å². The molecule has 0 saturated carbocycles. The van der Waals surface area contributed by atoms with Gasteiger partial charge in [-0.2, -0.15) is 5.10 Å². The van der Waals surface area contributed by atoms with E-state index in [9.17, 15) is 4.79 Å². The average Bonchev–Trinajstić information content (AvgIpc) is 3.39. The Hall–Kier alpha value is -3.78. The minimum atomic E-state index is -0.614. The summed E-state index contributed by atoms with van der Waals surface area (Å²) >= 11 is 0. The molecule has 0 fully saturated rings. The predicted octanol–water partition coefficient (Wildman–Crippen LogP) is 3.65. The third kappa shape index (κ3) is 3.62. The standard InChI is InChI=1S/C23H21N5O3/c29-12-13-31-23(30)26-15-6-7-16-17(8-10-25-19(16)14-15)21-20-5-3-11-28(20)27-22(21)18-4-1-2-9-24-18/h1-2,4,6-10,14,29H,3,5,11-13H2,(H,26,30). The molecule has 2 N–H and O–H groups in total. The van der Waals surface area contributed by atoms with Crippen LogP contribution in [0.5, 0.6) is 0 Å². The van der Waals surface area contributed by atoms with E-state index < -0.39 is 6.09 Å². The number of amides is 1. The molecule has 1 amide bonds. The Bertz CT molecular complexity index is 1250. The van der Waals surface area contributed by atoms with Gasteiger partial charge in [0.25, 0.3) is 0 Å². The Morgan fingerprint density at radius 1 is 1.16 bits per heavy atom. The SMILES string of the molecule is O=C(Nc1ccc2c(-c3c(-c4ccccn4)nn4c3CCC4)ccnc2c1)OCCO. The molecule has 0 unspecified atom stereocenters. The number of ether oxygens (including phenoxy) is 1. The van der Waals surface area contributed by atoms with Gasteiger partial charge < -0.3 is 9.84 Å². The fourth-order valence-corrected chi connectivity index (χ4v) is 4.03. The molecule has 0 atom stereocenters. The monoisotopic (exact) mass is 415 g/mol. The molecule has 156 valence electrons. The first-order valence-corrected chi connectivity index (χ1v) is 10.2. The number of fused-ring (bicyclic) bond motifs is 2. The Morgan fingerprint density at radius 2 is 2.10 bits per heavy atom. The van der Waals surface area contributed by atoms with Gasteiger partial charge in [-0.3, -0.25) is 20.0 Å². The van der Waals surface area contributed by atoms with Crippen LogP contribution in [0.3, 0.4) is 0 Å². The molecule has 4 heterocycles. The predicted molar refractivity (Wildman–Crippen MR) is 117 cm³/mol. The molecule has 0 aliphatic carbocycles. The number of aliphatic hydroxyl groups excluding tert-OH is 1. The van der Waals surface area contributed by atoms with E-state index in [1.165, 1.54) is 5.69 Å². The van der Waals surface area contributed by atoms with E-state index in [0.717, 1.165) is 52.8 Å². The highest BCUT2D eigenvalue weighted by Crippen LogP contribution is 2.39. The van der Waals surface area contributed by atoms with Crippen LogP contribution in [-0.4, -0.2) is 44.2 Å². The topological polar surface area (TPSA) is 102 Å². The first-order valence-electron chi connectivity index (χ1n) is 10.2. The van der Waals surface area contributed by atoms with Gasteiger partial charge in [-0.1, -0.05) is 12.1 Å². The van der Waals surface area contributed by atoms with E-state index in [4.69, 9.17) is 14.9 Å². The van der Waals surface area contributed by atoms with E-state index in [1.807, 2.05) is 42.5 Å². The number of nitrogens with one attached hydrogen (secondary N) is 1. The van der Waals surface area contributed by atoms with Crippen LogP contribution >= 0.6 is 0 Å². The lowest BCUT2D eigenvalue weighted by Gasteiger charge is -2.11. The zero-order valence-electron chi connectivity index (χ0n) is 16.8. The number of carbonyl (C=O) groups is 1. The minimum Gasteiger partial charge on any atom is -0.447 e. The zero-order chi connectivity index (χ0) is 21.2. The van der Waals surface area contributed by atoms with Crippen molar-refractivity contribution in [3.05, 3.63) is 60.6 Å². The number of carbonyl (C=O) groups excluding carboxylic acids is 1. The molecule has 0 saturated heterocycles. The molecule has 8 nitrogen and oxygen atoms in total. The number of aryl methyl sites for hydroxylation is 1. The van der Waals surface area contributed by atoms with Gasteiger partial charge in [0.2, 0.25) is 0 Å². The van der Waals surface area contributed by atoms with Crippen LogP contribution in [0, 0.1) is 0 Å². The second-order valence-corrected chi connectivity index (χ2v) is 7.29. The third-order valence-corrected chi connectivity index (χ3v) is 5.33. The quantitative estimate of drug-likeness (QED) is 0.516. The molecule has 5 rings (SSSR count). The van der Waals surface area contributed by atoms with Crippen molar-refractivity contribution in [1.29, 1.82) is 0 Å². The van der Waals surface area contributed by atoms with Crippen molar-refractivity contribution in [2.45, 2.75) is 19.4 Å². The molecule has 0 spiro atoms. The van der Waals surface area contributed by atoms with Crippen LogP contribution < -0.4 is 5.32 Å². The summed E-state index contributed by atoms with van der Waals surface area (Å²) in [5, 5.41) is 17.3. The highest BCUT2D eigenvalue weighted by atomic mass is 16.6. The van der Waals surface area contributed by atoms with Crippen molar-refractivity contribution in [1.82, 2.24) is 19.7 Å². The Kier molecular flexibility index (Phi) is 5.05. The molecule has 0 bridgehead atoms. The van der Waals surface area contributed by atoms with Crippen LogP contribution in [-0.2, 0) is 17.7 Å². The van der Waals surface area contributed by atoms with E-state index in [-0.39, 0.29) is 13.2 Å². The molecule has 1 aliphatic rings. The van der Waals surface area contributed by atoms with Crippen LogP contribution in [0.2, 0.25) is 0 Å². The lowest BCUT2D eigenvalue weighted by molar-refractivity contribution is 0.131. The third-order valence-electron chi connectivity index (χ3n) is 5.33. The summed E-state index contributed by atoms with van der Waals surface area (Å²) in [6.45, 7) is 0.637. The summed E-state index contributed by atoms with van der Waals surface area (Å²) in [6, 6.07) is 13.4. The second-order valence-electron chi connectivity index (χ2n) is 7.29. The van der Waals surface area contributed by atoms with E-state index in [1.54, 1.807) is 12.4 Å². The maximum atomic E-state index is 11.8. The van der Waals surface area contributed by atoms with Crippen LogP contribution in [0.15, 0.2) is 54.9 Å². The molecule has 1 aliphatic heterocycles. The number of aromatic nitrogens is 4. The molecule has 31 heavy (non-hydrogen) atoms. The van der Waals surface area contributed by atoms with Crippen molar-refractivity contribution in [3.8, 4) is 22.5 Å². The maximum absolute atomic E-state index is 11.8. The minimum absolute atomic E-state index is 0.0507. The summed E-state index contributed by atoms with van der Waals surface area (Å²) in [5.74, 6) is 0. The zero-order valence-corrected chi connectivity index (χ0v) is 16.8. The van der Waals surface area contributed by atoms with Gasteiger partial charge >= 0.3 is 6.09 Å². The maximum Gasteiger partial charge on any atom is 0.411 e. The van der Waals surface area contributed by atoms with Gasteiger partial charge in [-0.15, -0.1) is 0 Å².